The first kappa shape index (κ1) is 9.42. The number of halogens is 2. The smallest absolute Gasteiger partial charge is 0.302 e. The molecule has 0 fully saturated rings. The first-order valence-corrected chi connectivity index (χ1v) is 4.13. The maximum absolute atomic E-state index is 11.2. The Balaban J connectivity index is 2.91. The highest BCUT2D eigenvalue weighted by Crippen LogP contribution is 2.04. The van der Waals surface area contributed by atoms with Crippen LogP contribution in [0.3, 0.4) is 0 Å². The third-order valence-electron chi connectivity index (χ3n) is 1.46. The Morgan fingerprint density at radius 1 is 1.67 bits per heavy atom. The molecule has 0 saturated heterocycles. The average Bonchev–Trinajstić information content (AvgIpc) is 2.36. The molecule has 1 rings (SSSR count). The molecule has 0 atom stereocenters. The van der Waals surface area contributed by atoms with E-state index in [1.54, 1.807) is 19.4 Å². The van der Waals surface area contributed by atoms with Crippen LogP contribution >= 0.6 is 23.2 Å². The summed E-state index contributed by atoms with van der Waals surface area (Å²) in [5, 5.41) is 0.435. The van der Waals surface area contributed by atoms with E-state index >= 15 is 0 Å². The van der Waals surface area contributed by atoms with Crippen LogP contribution in [-0.4, -0.2) is 9.13 Å². The molecule has 0 aromatic carbocycles. The van der Waals surface area contributed by atoms with E-state index in [1.165, 1.54) is 14.7 Å². The van der Waals surface area contributed by atoms with E-state index in [0.717, 1.165) is 0 Å². The average molecular weight is 207 g/mol. The van der Waals surface area contributed by atoms with E-state index in [2.05, 4.69) is 0 Å². The summed E-state index contributed by atoms with van der Waals surface area (Å²) < 4.78 is 2.94. The zero-order chi connectivity index (χ0) is 9.14. The van der Waals surface area contributed by atoms with E-state index in [0.29, 0.717) is 11.6 Å². The Hall–Kier alpha value is -0.670. The van der Waals surface area contributed by atoms with Crippen molar-refractivity contribution in [2.45, 2.75) is 6.54 Å². The van der Waals surface area contributed by atoms with Gasteiger partial charge in [-0.05, 0) is 0 Å². The fourth-order valence-electron chi connectivity index (χ4n) is 0.828. The van der Waals surface area contributed by atoms with Crippen molar-refractivity contribution in [1.82, 2.24) is 9.13 Å². The van der Waals surface area contributed by atoms with Crippen molar-refractivity contribution in [2.75, 3.05) is 0 Å². The number of aromatic nitrogens is 2. The molecule has 0 aliphatic heterocycles. The number of hydrogen-bond acceptors (Lipinski definition) is 1. The fourth-order valence-corrected chi connectivity index (χ4v) is 1.03. The highest BCUT2D eigenvalue weighted by Gasteiger charge is 2.00. The number of rotatable bonds is 2. The van der Waals surface area contributed by atoms with E-state index in [-0.39, 0.29) is 5.69 Å². The summed E-state index contributed by atoms with van der Waals surface area (Å²) in [5.74, 6) is 0. The number of nitrogens with zero attached hydrogens (tertiary/aromatic N) is 2. The van der Waals surface area contributed by atoms with Gasteiger partial charge >= 0.3 is 5.69 Å². The minimum absolute atomic E-state index is 0.105. The molecule has 1 aromatic heterocycles. The van der Waals surface area contributed by atoms with Gasteiger partial charge in [-0.2, -0.15) is 0 Å². The second-order valence-electron chi connectivity index (χ2n) is 2.38. The Morgan fingerprint density at radius 2 is 2.33 bits per heavy atom. The van der Waals surface area contributed by atoms with Gasteiger partial charge in [0.25, 0.3) is 0 Å². The van der Waals surface area contributed by atoms with E-state index in [9.17, 15) is 4.79 Å². The maximum atomic E-state index is 11.2. The fraction of sp³-hybridized carbons (Fsp3) is 0.286. The Bertz CT molecular complexity index is 351. The Kier molecular flexibility index (Phi) is 3.00. The maximum Gasteiger partial charge on any atom is 0.328 e. The summed E-state index contributed by atoms with van der Waals surface area (Å²) in [5.41, 5.74) is 1.15. The van der Waals surface area contributed by atoms with Gasteiger partial charge in [-0.1, -0.05) is 23.2 Å². The van der Waals surface area contributed by atoms with Crippen molar-refractivity contribution in [3.05, 3.63) is 33.4 Å². The number of imidazole rings is 1. The summed E-state index contributed by atoms with van der Waals surface area (Å²) in [4.78, 5) is 11.2. The SMILES string of the molecule is Cn1ccn(C/C(Cl)=C/Cl)c1=O. The van der Waals surface area contributed by atoms with Gasteiger partial charge in [0, 0.05) is 30.0 Å². The molecule has 0 amide bonds. The van der Waals surface area contributed by atoms with E-state index in [1.807, 2.05) is 0 Å². The van der Waals surface area contributed by atoms with Crippen LogP contribution in [-0.2, 0) is 13.6 Å². The van der Waals surface area contributed by atoms with Crippen LogP contribution in [0.15, 0.2) is 27.8 Å². The quantitative estimate of drug-likeness (QED) is 0.721. The lowest BCUT2D eigenvalue weighted by molar-refractivity contribution is 0.725. The molecular weight excluding hydrogens is 199 g/mol. The van der Waals surface area contributed by atoms with E-state index < -0.39 is 0 Å². The predicted molar refractivity (Wildman–Crippen MR) is 49.5 cm³/mol. The molecular formula is C7H8Cl2N2O. The van der Waals surface area contributed by atoms with Crippen molar-refractivity contribution < 1.29 is 0 Å². The lowest BCUT2D eigenvalue weighted by Crippen LogP contribution is -2.21. The van der Waals surface area contributed by atoms with Crippen LogP contribution < -0.4 is 5.69 Å². The topological polar surface area (TPSA) is 26.9 Å². The van der Waals surface area contributed by atoms with E-state index in [4.69, 9.17) is 23.2 Å². The summed E-state index contributed by atoms with van der Waals surface area (Å²) in [6, 6.07) is 0. The van der Waals surface area contributed by atoms with Gasteiger partial charge < -0.3 is 4.57 Å². The molecule has 0 spiro atoms. The summed E-state index contributed by atoms with van der Waals surface area (Å²) in [6.07, 6.45) is 3.33. The summed E-state index contributed by atoms with van der Waals surface area (Å²) in [6.45, 7) is 0.324. The normalized spacial score (nSPS) is 12.1. The molecule has 0 N–H and O–H groups in total. The third kappa shape index (κ3) is 1.93. The van der Waals surface area contributed by atoms with Crippen LogP contribution in [0, 0.1) is 0 Å². The minimum Gasteiger partial charge on any atom is -0.302 e. The molecule has 66 valence electrons. The zero-order valence-electron chi connectivity index (χ0n) is 6.50. The monoisotopic (exact) mass is 206 g/mol. The first-order chi connectivity index (χ1) is 5.65. The summed E-state index contributed by atoms with van der Waals surface area (Å²) in [7, 11) is 1.68. The van der Waals surface area contributed by atoms with Crippen molar-refractivity contribution in [3.8, 4) is 0 Å². The van der Waals surface area contributed by atoms with Crippen LogP contribution in [0.5, 0.6) is 0 Å². The van der Waals surface area contributed by atoms with Crippen LogP contribution in [0.1, 0.15) is 0 Å². The lowest BCUT2D eigenvalue weighted by atomic mass is 10.6. The van der Waals surface area contributed by atoms with Gasteiger partial charge in [0.15, 0.2) is 0 Å². The lowest BCUT2D eigenvalue weighted by Gasteiger charge is -1.96. The third-order valence-corrected chi connectivity index (χ3v) is 2.06. The molecule has 1 aromatic rings. The second-order valence-corrected chi connectivity index (χ2v) is 3.08. The van der Waals surface area contributed by atoms with Crippen molar-refractivity contribution >= 4 is 23.2 Å². The van der Waals surface area contributed by atoms with Crippen LogP contribution in [0.4, 0.5) is 0 Å². The zero-order valence-corrected chi connectivity index (χ0v) is 8.01. The molecule has 0 saturated carbocycles. The Labute approximate surface area is 79.8 Å². The first-order valence-electron chi connectivity index (χ1n) is 3.31. The van der Waals surface area contributed by atoms with Gasteiger partial charge in [0.05, 0.1) is 6.54 Å². The van der Waals surface area contributed by atoms with Crippen molar-refractivity contribution in [1.29, 1.82) is 0 Å². The molecule has 12 heavy (non-hydrogen) atoms. The molecule has 0 aliphatic carbocycles. The van der Waals surface area contributed by atoms with Gasteiger partial charge in [-0.25, -0.2) is 4.79 Å². The molecule has 1 heterocycles. The highest BCUT2D eigenvalue weighted by atomic mass is 35.5. The van der Waals surface area contributed by atoms with Crippen molar-refractivity contribution in [3.63, 3.8) is 0 Å². The number of hydrogen-bond donors (Lipinski definition) is 0. The number of aryl methyl sites for hydroxylation is 1. The molecule has 0 bridgehead atoms. The molecule has 0 aliphatic rings. The summed E-state index contributed by atoms with van der Waals surface area (Å²) >= 11 is 11.0. The van der Waals surface area contributed by atoms with Gasteiger partial charge in [-0.15, -0.1) is 0 Å². The Morgan fingerprint density at radius 3 is 2.75 bits per heavy atom. The van der Waals surface area contributed by atoms with Crippen molar-refractivity contribution in [2.24, 2.45) is 7.05 Å². The predicted octanol–water partition coefficient (Wildman–Crippen LogP) is 1.51. The standard InChI is InChI=1S/C7H8Cl2N2O/c1-10-2-3-11(7(10)12)5-6(9)4-8/h2-4H,5H2,1H3/b6-4-. The van der Waals surface area contributed by atoms with Gasteiger partial charge in [0.1, 0.15) is 0 Å². The molecule has 3 nitrogen and oxygen atoms in total. The largest absolute Gasteiger partial charge is 0.328 e. The molecule has 0 unspecified atom stereocenters. The van der Waals surface area contributed by atoms with Crippen LogP contribution in [0.2, 0.25) is 0 Å². The number of allylic oxidation sites excluding steroid dienone is 1. The molecule has 0 radical (unpaired) electrons. The van der Waals surface area contributed by atoms with Gasteiger partial charge in [-0.3, -0.25) is 4.57 Å². The second kappa shape index (κ2) is 3.83. The highest BCUT2D eigenvalue weighted by molar-refractivity contribution is 6.36. The van der Waals surface area contributed by atoms with Gasteiger partial charge in [0.2, 0.25) is 0 Å². The minimum atomic E-state index is -0.105. The van der Waals surface area contributed by atoms with Crippen LogP contribution in [0.25, 0.3) is 0 Å². The molecule has 5 heteroatoms.